The minimum absolute atomic E-state index is 0.0204. The Morgan fingerprint density at radius 3 is 2.68 bits per heavy atom. The second-order valence-corrected chi connectivity index (χ2v) is 9.61. The van der Waals surface area contributed by atoms with Gasteiger partial charge in [0.15, 0.2) is 0 Å². The van der Waals surface area contributed by atoms with Crippen molar-refractivity contribution >= 4 is 28.8 Å². The summed E-state index contributed by atoms with van der Waals surface area (Å²) < 4.78 is 55.4. The van der Waals surface area contributed by atoms with Crippen LogP contribution >= 0.6 is 0 Å². The van der Waals surface area contributed by atoms with Crippen molar-refractivity contribution < 1.29 is 31.9 Å². The highest BCUT2D eigenvalue weighted by Crippen LogP contribution is 2.37. The van der Waals surface area contributed by atoms with Crippen molar-refractivity contribution in [1.82, 2.24) is 30.1 Å². The molecule has 2 aliphatic heterocycles. The van der Waals surface area contributed by atoms with Gasteiger partial charge in [0.1, 0.15) is 17.7 Å². The van der Waals surface area contributed by atoms with Crippen LogP contribution in [0, 0.1) is 5.92 Å². The van der Waals surface area contributed by atoms with E-state index in [1.54, 1.807) is 29.9 Å². The summed E-state index contributed by atoms with van der Waals surface area (Å²) >= 11 is 0. The summed E-state index contributed by atoms with van der Waals surface area (Å²) in [6.07, 6.45) is -6.29. The Labute approximate surface area is 210 Å². The van der Waals surface area contributed by atoms with Crippen molar-refractivity contribution in [3.05, 3.63) is 23.8 Å². The maximum absolute atomic E-state index is 13.5. The van der Waals surface area contributed by atoms with Gasteiger partial charge >= 0.3 is 6.18 Å². The fraction of sp³-hybridized carbons (Fsp3) is 0.609. The van der Waals surface area contributed by atoms with Crippen LogP contribution in [0.5, 0.6) is 0 Å². The number of carbonyl (C=O) groups is 3. The first-order valence-electron chi connectivity index (χ1n) is 12.0. The predicted molar refractivity (Wildman–Crippen MR) is 123 cm³/mol. The zero-order chi connectivity index (χ0) is 26.9. The number of nitrogens with one attached hydrogen (secondary N) is 1. The third kappa shape index (κ3) is 6.00. The van der Waals surface area contributed by atoms with Gasteiger partial charge in [-0.15, -0.1) is 5.10 Å². The van der Waals surface area contributed by atoms with Crippen molar-refractivity contribution in [2.75, 3.05) is 19.6 Å². The van der Waals surface area contributed by atoms with E-state index in [2.05, 4.69) is 15.6 Å². The van der Waals surface area contributed by atoms with Gasteiger partial charge in [-0.25, -0.2) is 9.07 Å². The normalized spacial score (nSPS) is 23.0. The van der Waals surface area contributed by atoms with E-state index in [1.165, 1.54) is 4.90 Å². The van der Waals surface area contributed by atoms with Gasteiger partial charge in [0.2, 0.25) is 17.7 Å². The van der Waals surface area contributed by atoms with E-state index in [4.69, 9.17) is 5.73 Å². The molecule has 0 aliphatic carbocycles. The van der Waals surface area contributed by atoms with Crippen molar-refractivity contribution in [2.24, 2.45) is 18.7 Å². The number of halogens is 4. The molecule has 0 radical (unpaired) electrons. The molecule has 2 aliphatic rings. The number of hydrogen-bond acceptors (Lipinski definition) is 6. The number of nitrogens with two attached hydrogens (primary N) is 1. The van der Waals surface area contributed by atoms with E-state index >= 15 is 0 Å². The summed E-state index contributed by atoms with van der Waals surface area (Å²) in [6, 6.07) is 2.58. The summed E-state index contributed by atoms with van der Waals surface area (Å²) in [5, 5.41) is 10.5. The number of rotatable bonds is 7. The number of hydrogen-bond donors (Lipinski definition) is 2. The molecule has 0 saturated carbocycles. The smallest absolute Gasteiger partial charge is 0.350 e. The second-order valence-electron chi connectivity index (χ2n) is 9.61. The number of nitrogens with zero attached hydrogens (tertiary/aromatic N) is 5. The molecule has 0 unspecified atom stereocenters. The highest BCUT2D eigenvalue weighted by atomic mass is 19.4. The molecule has 2 saturated heterocycles. The molecule has 4 rings (SSSR count). The first kappa shape index (κ1) is 26.8. The lowest BCUT2D eigenvalue weighted by atomic mass is 10.0. The van der Waals surface area contributed by atoms with E-state index in [9.17, 15) is 31.9 Å². The quantitative estimate of drug-likeness (QED) is 0.519. The lowest BCUT2D eigenvalue weighted by molar-refractivity contribution is -0.171. The highest BCUT2D eigenvalue weighted by Gasteiger charge is 2.51. The molecule has 202 valence electrons. The molecule has 0 bridgehead atoms. The first-order valence-corrected chi connectivity index (χ1v) is 12.0. The SMILES string of the molecule is Cn1nnc2cc(CNC(=O)[C@@H]3C[C@H](C(F)(F)F)CN3C(=O)[C@H](N)CCC(=O)N3CC[C@H](F)C3)ccc21. The van der Waals surface area contributed by atoms with Crippen LogP contribution in [0.25, 0.3) is 11.0 Å². The third-order valence-corrected chi connectivity index (χ3v) is 6.96. The van der Waals surface area contributed by atoms with Crippen LogP contribution in [0.3, 0.4) is 0 Å². The Bertz CT molecular complexity index is 1170. The topological polar surface area (TPSA) is 126 Å². The Kier molecular flexibility index (Phi) is 7.67. The molecule has 3 heterocycles. The predicted octanol–water partition coefficient (Wildman–Crippen LogP) is 1.04. The molecular weight excluding hydrogens is 498 g/mol. The molecule has 37 heavy (non-hydrogen) atoms. The van der Waals surface area contributed by atoms with Crippen LogP contribution in [0.1, 0.15) is 31.2 Å². The van der Waals surface area contributed by atoms with Gasteiger partial charge in [0, 0.05) is 33.1 Å². The minimum atomic E-state index is -4.59. The van der Waals surface area contributed by atoms with Crippen LogP contribution in [-0.2, 0) is 28.0 Å². The zero-order valence-electron chi connectivity index (χ0n) is 20.2. The number of alkyl halides is 4. The molecule has 3 amide bonds. The van der Waals surface area contributed by atoms with Gasteiger partial charge < -0.3 is 20.9 Å². The first-order chi connectivity index (χ1) is 17.4. The van der Waals surface area contributed by atoms with Crippen LogP contribution in [-0.4, -0.2) is 86.6 Å². The van der Waals surface area contributed by atoms with E-state index in [0.29, 0.717) is 11.1 Å². The maximum Gasteiger partial charge on any atom is 0.393 e. The minimum Gasteiger partial charge on any atom is -0.350 e. The molecule has 4 atom stereocenters. The lowest BCUT2D eigenvalue weighted by Gasteiger charge is -2.27. The fourth-order valence-electron chi connectivity index (χ4n) is 4.79. The third-order valence-electron chi connectivity index (χ3n) is 6.96. The monoisotopic (exact) mass is 527 g/mol. The van der Waals surface area contributed by atoms with Gasteiger partial charge in [-0.05, 0) is 37.0 Å². The molecule has 10 nitrogen and oxygen atoms in total. The number of aryl methyl sites for hydroxylation is 1. The van der Waals surface area contributed by atoms with Crippen molar-refractivity contribution in [2.45, 2.75) is 56.7 Å². The fourth-order valence-corrected chi connectivity index (χ4v) is 4.79. The van der Waals surface area contributed by atoms with Crippen molar-refractivity contribution in [3.8, 4) is 0 Å². The average molecular weight is 528 g/mol. The summed E-state index contributed by atoms with van der Waals surface area (Å²) in [4.78, 5) is 40.4. The lowest BCUT2D eigenvalue weighted by Crippen LogP contribution is -2.51. The number of aromatic nitrogens is 3. The molecule has 1 aromatic heterocycles. The van der Waals surface area contributed by atoms with E-state index in [1.807, 2.05) is 0 Å². The Morgan fingerprint density at radius 2 is 2.00 bits per heavy atom. The van der Waals surface area contributed by atoms with Crippen LogP contribution in [0.15, 0.2) is 18.2 Å². The summed E-state index contributed by atoms with van der Waals surface area (Å²) in [6.45, 7) is -0.419. The Balaban J connectivity index is 1.39. The second kappa shape index (κ2) is 10.6. The molecule has 0 spiro atoms. The summed E-state index contributed by atoms with van der Waals surface area (Å²) in [5.74, 6) is -3.80. The van der Waals surface area contributed by atoms with E-state index in [-0.39, 0.29) is 44.8 Å². The number of likely N-dealkylation sites (tertiary alicyclic amines) is 2. The van der Waals surface area contributed by atoms with Crippen LogP contribution in [0.2, 0.25) is 0 Å². The molecule has 3 N–H and O–H groups in total. The van der Waals surface area contributed by atoms with Gasteiger partial charge in [0.25, 0.3) is 0 Å². The number of amides is 3. The molecule has 2 aromatic rings. The highest BCUT2D eigenvalue weighted by molar-refractivity contribution is 5.91. The van der Waals surface area contributed by atoms with Crippen molar-refractivity contribution in [1.29, 1.82) is 0 Å². The van der Waals surface area contributed by atoms with Gasteiger partial charge in [0.05, 0.1) is 24.0 Å². The van der Waals surface area contributed by atoms with Crippen molar-refractivity contribution in [3.63, 3.8) is 0 Å². The molecule has 14 heteroatoms. The summed E-state index contributed by atoms with van der Waals surface area (Å²) in [5.41, 5.74) is 7.98. The van der Waals surface area contributed by atoms with E-state index in [0.717, 1.165) is 10.4 Å². The maximum atomic E-state index is 13.5. The largest absolute Gasteiger partial charge is 0.393 e. The van der Waals surface area contributed by atoms with Gasteiger partial charge in [-0.2, -0.15) is 13.2 Å². The van der Waals surface area contributed by atoms with Crippen LogP contribution in [0.4, 0.5) is 17.6 Å². The molecule has 2 fully saturated rings. The molecular formula is C23H29F4N7O3. The van der Waals surface area contributed by atoms with Crippen LogP contribution < -0.4 is 11.1 Å². The number of fused-ring (bicyclic) bond motifs is 1. The Hall–Kier alpha value is -3.29. The average Bonchev–Trinajstić information content (AvgIpc) is 3.58. The zero-order valence-corrected chi connectivity index (χ0v) is 20.2. The Morgan fingerprint density at radius 1 is 1.24 bits per heavy atom. The standard InChI is InChI=1S/C23H29F4N7O3/c1-32-18-4-2-13(8-17(18)30-31-32)10-29-21(36)19-9-14(23(25,26)27)11-34(19)22(37)16(28)3-5-20(35)33-7-6-15(24)12-33/h2,4,8,14-16,19H,3,5-7,9-12,28H2,1H3,(H,29,36)/t14-,15-,16+,19-/m0/s1. The van der Waals surface area contributed by atoms with E-state index < -0.39 is 55.1 Å². The summed E-state index contributed by atoms with van der Waals surface area (Å²) in [7, 11) is 1.73. The van der Waals surface area contributed by atoms with Gasteiger partial charge in [-0.3, -0.25) is 14.4 Å². The number of carbonyl (C=O) groups excluding carboxylic acids is 3. The number of benzene rings is 1. The molecule has 1 aromatic carbocycles. The van der Waals surface area contributed by atoms with Gasteiger partial charge in [-0.1, -0.05) is 11.3 Å².